The Morgan fingerprint density at radius 2 is 1.77 bits per heavy atom. The summed E-state index contributed by atoms with van der Waals surface area (Å²) in [6.07, 6.45) is 0. The number of ether oxygens (including phenoxy) is 1. The largest absolute Gasteiger partial charge is 0.497 e. The third-order valence-electron chi connectivity index (χ3n) is 1.43. The molecule has 0 spiro atoms. The second kappa shape index (κ2) is 8.31. The van der Waals surface area contributed by atoms with Crippen molar-refractivity contribution in [2.24, 2.45) is 0 Å². The fourth-order valence-corrected chi connectivity index (χ4v) is 1.26. The zero-order valence-electron chi connectivity index (χ0n) is 8.30. The van der Waals surface area contributed by atoms with E-state index in [-0.39, 0.29) is 0 Å². The van der Waals surface area contributed by atoms with Crippen LogP contribution in [-0.2, 0) is 6.54 Å². The van der Waals surface area contributed by atoms with Crippen LogP contribution in [0.2, 0.25) is 0 Å². The summed E-state index contributed by atoms with van der Waals surface area (Å²) < 4.78 is 8.08. The summed E-state index contributed by atoms with van der Waals surface area (Å²) in [5.41, 5.74) is 1.26. The molecule has 0 fully saturated rings. The van der Waals surface area contributed by atoms with E-state index in [0.717, 1.165) is 12.3 Å². The van der Waals surface area contributed by atoms with Crippen molar-refractivity contribution in [3.05, 3.63) is 29.8 Å². The number of methoxy groups -OCH3 is 1. The Hall–Kier alpha value is -0.290. The summed E-state index contributed by atoms with van der Waals surface area (Å²) >= 11 is 2.13. The molecule has 0 heterocycles. The lowest BCUT2D eigenvalue weighted by Crippen LogP contribution is -1.96. The lowest BCUT2D eigenvalue weighted by molar-refractivity contribution is 0.414. The van der Waals surface area contributed by atoms with Crippen molar-refractivity contribution >= 4 is 22.9 Å². The Labute approximate surface area is 94.2 Å². The molecule has 1 N–H and O–H groups in total. The summed E-state index contributed by atoms with van der Waals surface area (Å²) in [5, 5.41) is 0. The van der Waals surface area contributed by atoms with Crippen LogP contribution in [0, 0.1) is 0 Å². The SMILES string of the molecule is CC.COc1ccc(CNI)cc1. The average Bonchev–Trinajstić information content (AvgIpc) is 2.23. The molecule has 0 saturated heterocycles. The molecule has 2 nitrogen and oxygen atoms in total. The number of benzene rings is 1. The van der Waals surface area contributed by atoms with E-state index in [2.05, 4.69) is 26.4 Å². The smallest absolute Gasteiger partial charge is 0.118 e. The van der Waals surface area contributed by atoms with Gasteiger partial charge in [0.15, 0.2) is 0 Å². The van der Waals surface area contributed by atoms with Crippen molar-refractivity contribution in [1.29, 1.82) is 0 Å². The van der Waals surface area contributed by atoms with Crippen LogP contribution in [0.5, 0.6) is 5.75 Å². The highest BCUT2D eigenvalue weighted by molar-refractivity contribution is 14.1. The van der Waals surface area contributed by atoms with Gasteiger partial charge in [-0.1, -0.05) is 26.0 Å². The number of halogens is 1. The molecule has 0 aliphatic heterocycles. The molecule has 0 aliphatic rings. The van der Waals surface area contributed by atoms with Crippen molar-refractivity contribution in [2.45, 2.75) is 20.4 Å². The van der Waals surface area contributed by atoms with Crippen molar-refractivity contribution in [3.8, 4) is 5.75 Å². The molecule has 0 saturated carbocycles. The van der Waals surface area contributed by atoms with Gasteiger partial charge in [-0.25, -0.2) is 0 Å². The molecule has 0 amide bonds. The van der Waals surface area contributed by atoms with Crippen LogP contribution >= 0.6 is 22.9 Å². The normalized spacial score (nSPS) is 8.62. The van der Waals surface area contributed by atoms with E-state index in [1.807, 2.05) is 38.1 Å². The Morgan fingerprint density at radius 3 is 2.15 bits per heavy atom. The lowest BCUT2D eigenvalue weighted by atomic mass is 10.2. The zero-order chi connectivity index (χ0) is 10.1. The molecule has 13 heavy (non-hydrogen) atoms. The van der Waals surface area contributed by atoms with E-state index in [1.165, 1.54) is 5.56 Å². The van der Waals surface area contributed by atoms with Gasteiger partial charge in [-0.2, -0.15) is 0 Å². The summed E-state index contributed by atoms with van der Waals surface area (Å²) in [7, 11) is 1.67. The van der Waals surface area contributed by atoms with Gasteiger partial charge in [-0.3, -0.25) is 3.53 Å². The summed E-state index contributed by atoms with van der Waals surface area (Å²) in [6, 6.07) is 8.02. The van der Waals surface area contributed by atoms with E-state index >= 15 is 0 Å². The van der Waals surface area contributed by atoms with Crippen molar-refractivity contribution in [1.82, 2.24) is 3.53 Å². The molecular weight excluding hydrogens is 277 g/mol. The van der Waals surface area contributed by atoms with Gasteiger partial charge in [-0.05, 0) is 17.7 Å². The fraction of sp³-hybridized carbons (Fsp3) is 0.400. The fourth-order valence-electron chi connectivity index (χ4n) is 0.821. The second-order valence-corrected chi connectivity index (χ2v) is 2.92. The number of nitrogens with one attached hydrogen (secondary N) is 1. The number of hydrogen-bond acceptors (Lipinski definition) is 2. The van der Waals surface area contributed by atoms with Crippen LogP contribution < -0.4 is 8.27 Å². The Morgan fingerprint density at radius 1 is 1.23 bits per heavy atom. The van der Waals surface area contributed by atoms with Crippen molar-refractivity contribution in [2.75, 3.05) is 7.11 Å². The first-order valence-corrected chi connectivity index (χ1v) is 5.41. The molecule has 0 radical (unpaired) electrons. The highest BCUT2D eigenvalue weighted by Crippen LogP contribution is 2.10. The Kier molecular flexibility index (Phi) is 8.13. The lowest BCUT2D eigenvalue weighted by Gasteiger charge is -2.00. The zero-order valence-corrected chi connectivity index (χ0v) is 10.5. The standard InChI is InChI=1S/C8H10INO.C2H6/c1-11-8-4-2-7(3-5-8)6-10-9;1-2/h2-5,10H,6H2,1H3;1-2H3. The molecule has 0 unspecified atom stereocenters. The molecule has 0 atom stereocenters. The first-order valence-electron chi connectivity index (χ1n) is 4.33. The molecule has 0 aromatic heterocycles. The number of rotatable bonds is 3. The minimum atomic E-state index is 0.893. The van der Waals surface area contributed by atoms with Crippen LogP contribution in [0.3, 0.4) is 0 Å². The minimum absolute atomic E-state index is 0.893. The van der Waals surface area contributed by atoms with Gasteiger partial charge in [0.05, 0.1) is 7.11 Å². The van der Waals surface area contributed by atoms with E-state index in [0.29, 0.717) is 0 Å². The molecule has 1 aromatic rings. The first kappa shape index (κ1) is 12.7. The monoisotopic (exact) mass is 293 g/mol. The minimum Gasteiger partial charge on any atom is -0.497 e. The highest BCUT2D eigenvalue weighted by Gasteiger charge is 1.91. The first-order chi connectivity index (χ1) is 6.36. The van der Waals surface area contributed by atoms with Crippen LogP contribution in [-0.4, -0.2) is 7.11 Å². The second-order valence-electron chi connectivity index (χ2n) is 2.16. The van der Waals surface area contributed by atoms with Crippen molar-refractivity contribution in [3.63, 3.8) is 0 Å². The molecule has 1 rings (SSSR count). The van der Waals surface area contributed by atoms with Gasteiger partial charge in [-0.15, -0.1) is 0 Å². The third kappa shape index (κ3) is 5.10. The van der Waals surface area contributed by atoms with E-state index in [9.17, 15) is 0 Å². The van der Waals surface area contributed by atoms with Crippen LogP contribution in [0.1, 0.15) is 19.4 Å². The number of hydrogen-bond donors (Lipinski definition) is 1. The predicted molar refractivity (Wildman–Crippen MR) is 65.2 cm³/mol. The van der Waals surface area contributed by atoms with Crippen LogP contribution in [0.25, 0.3) is 0 Å². The average molecular weight is 293 g/mol. The highest BCUT2D eigenvalue weighted by atomic mass is 127. The van der Waals surface area contributed by atoms with Gasteiger partial charge in [0, 0.05) is 29.4 Å². The topological polar surface area (TPSA) is 21.3 Å². The van der Waals surface area contributed by atoms with Crippen LogP contribution in [0.15, 0.2) is 24.3 Å². The third-order valence-corrected chi connectivity index (χ3v) is 1.81. The summed E-state index contributed by atoms with van der Waals surface area (Å²) in [6.45, 7) is 4.89. The van der Waals surface area contributed by atoms with Crippen molar-refractivity contribution < 1.29 is 4.74 Å². The molecule has 0 aliphatic carbocycles. The predicted octanol–water partition coefficient (Wildman–Crippen LogP) is 3.16. The van der Waals surface area contributed by atoms with Gasteiger partial charge < -0.3 is 4.74 Å². The van der Waals surface area contributed by atoms with Gasteiger partial charge >= 0.3 is 0 Å². The van der Waals surface area contributed by atoms with Crippen LogP contribution in [0.4, 0.5) is 0 Å². The Balaban J connectivity index is 0.000000671. The van der Waals surface area contributed by atoms with Gasteiger partial charge in [0.2, 0.25) is 0 Å². The van der Waals surface area contributed by atoms with E-state index in [1.54, 1.807) is 7.11 Å². The Bertz CT molecular complexity index is 211. The quantitative estimate of drug-likeness (QED) is 0.683. The van der Waals surface area contributed by atoms with E-state index < -0.39 is 0 Å². The maximum atomic E-state index is 5.03. The molecule has 0 bridgehead atoms. The molecule has 1 aromatic carbocycles. The maximum Gasteiger partial charge on any atom is 0.118 e. The van der Waals surface area contributed by atoms with Gasteiger partial charge in [0.25, 0.3) is 0 Å². The summed E-state index contributed by atoms with van der Waals surface area (Å²) in [5.74, 6) is 0.905. The van der Waals surface area contributed by atoms with Gasteiger partial charge in [0.1, 0.15) is 5.75 Å². The van der Waals surface area contributed by atoms with E-state index in [4.69, 9.17) is 4.74 Å². The molecule has 74 valence electrons. The molecular formula is C10H16INO. The summed E-state index contributed by atoms with van der Waals surface area (Å²) in [4.78, 5) is 0. The molecule has 3 heteroatoms. The maximum absolute atomic E-state index is 5.03.